The van der Waals surface area contributed by atoms with Crippen LogP contribution >= 0.6 is 0 Å². The average Bonchev–Trinajstić information content (AvgIpc) is 3.14. The van der Waals surface area contributed by atoms with Crippen LogP contribution in [0.2, 0.25) is 0 Å². The number of hydrogen-bond acceptors (Lipinski definition) is 12. The third-order valence-corrected chi connectivity index (χ3v) is 11.7. The Morgan fingerprint density at radius 2 is 1.04 bits per heavy atom. The van der Waals surface area contributed by atoms with Crippen LogP contribution in [-0.2, 0) is 9.59 Å². The number of aromatic nitrogens is 4. The summed E-state index contributed by atoms with van der Waals surface area (Å²) in [4.78, 5) is 49.7. The number of carbonyl (C=O) groups is 2. The lowest BCUT2D eigenvalue weighted by atomic mass is 9.84. The van der Waals surface area contributed by atoms with Crippen LogP contribution in [-0.4, -0.2) is 95.8 Å². The van der Waals surface area contributed by atoms with Crippen LogP contribution < -0.4 is 15.1 Å². The number of benzene rings is 2. The van der Waals surface area contributed by atoms with Crippen molar-refractivity contribution in [2.24, 2.45) is 35.5 Å². The van der Waals surface area contributed by atoms with Gasteiger partial charge in [0.2, 0.25) is 0 Å². The number of piperidine rings is 2. The summed E-state index contributed by atoms with van der Waals surface area (Å²) >= 11 is 0. The van der Waals surface area contributed by atoms with Gasteiger partial charge in [0.05, 0.1) is 22.5 Å². The molecule has 0 amide bonds. The molecule has 1 N–H and O–H groups in total. The maximum absolute atomic E-state index is 12.6. The second kappa shape index (κ2) is 17.2. The van der Waals surface area contributed by atoms with E-state index >= 15 is 0 Å². The van der Waals surface area contributed by atoms with Crippen molar-refractivity contribution in [3.63, 3.8) is 0 Å². The largest absolute Gasteiger partial charge is 0.369 e. The fourth-order valence-corrected chi connectivity index (χ4v) is 9.33. The third-order valence-electron chi connectivity index (χ3n) is 11.7. The van der Waals surface area contributed by atoms with Gasteiger partial charge in [0.15, 0.2) is 0 Å². The molecular formula is C43H52N10O2. The fourth-order valence-electron chi connectivity index (χ4n) is 9.33. The Balaban J connectivity index is 0.000000169. The Morgan fingerprint density at radius 1 is 0.618 bits per heavy atom. The fraction of sp³-hybridized carbons (Fsp3) is 0.535. The van der Waals surface area contributed by atoms with Gasteiger partial charge in [-0.1, -0.05) is 13.8 Å². The van der Waals surface area contributed by atoms with Crippen molar-refractivity contribution in [1.29, 1.82) is 10.5 Å². The molecule has 0 unspecified atom stereocenters. The van der Waals surface area contributed by atoms with Crippen LogP contribution in [0.15, 0.2) is 49.1 Å². The zero-order chi connectivity index (χ0) is 38.5. The van der Waals surface area contributed by atoms with Crippen LogP contribution in [0.5, 0.6) is 0 Å². The van der Waals surface area contributed by atoms with Gasteiger partial charge in [0.25, 0.3) is 0 Å². The van der Waals surface area contributed by atoms with Gasteiger partial charge in [-0.05, 0) is 92.8 Å². The molecular weight excluding hydrogens is 689 g/mol. The Kier molecular flexibility index (Phi) is 11.9. The molecule has 0 radical (unpaired) electrons. The number of fused-ring (bicyclic) bond motifs is 2. The second-order valence-corrected chi connectivity index (χ2v) is 16.7. The summed E-state index contributed by atoms with van der Waals surface area (Å²) in [6.45, 7) is 12.2. The number of Topliss-reactive ketones (excluding diaryl/α,β-unsaturated/α-hetero) is 2. The van der Waals surface area contributed by atoms with Gasteiger partial charge in [-0.25, -0.2) is 0 Å². The van der Waals surface area contributed by atoms with Crippen LogP contribution in [0.3, 0.4) is 0 Å². The summed E-state index contributed by atoms with van der Waals surface area (Å²) in [7, 11) is 2.10. The Morgan fingerprint density at radius 3 is 1.44 bits per heavy atom. The van der Waals surface area contributed by atoms with E-state index in [1.54, 1.807) is 24.8 Å². The zero-order valence-corrected chi connectivity index (χ0v) is 32.3. The number of nitrogens with one attached hydrogen (secondary N) is 1. The lowest BCUT2D eigenvalue weighted by Crippen LogP contribution is -2.45. The van der Waals surface area contributed by atoms with E-state index in [0.717, 1.165) is 94.0 Å². The molecule has 4 saturated heterocycles. The molecule has 4 fully saturated rings. The smallest absolute Gasteiger partial charge is 0.133 e. The zero-order valence-electron chi connectivity index (χ0n) is 32.3. The van der Waals surface area contributed by atoms with E-state index in [-0.39, 0.29) is 0 Å². The van der Waals surface area contributed by atoms with E-state index < -0.39 is 0 Å². The normalized spacial score (nSPS) is 23.2. The van der Waals surface area contributed by atoms with E-state index in [1.807, 2.05) is 24.3 Å². The first-order chi connectivity index (χ1) is 26.7. The molecule has 2 aromatic carbocycles. The summed E-state index contributed by atoms with van der Waals surface area (Å²) in [6, 6.07) is 12.0. The Bertz CT molecular complexity index is 2100. The molecule has 4 aliphatic heterocycles. The number of likely N-dealkylation sites (tertiary alicyclic amines) is 1. The summed E-state index contributed by atoms with van der Waals surface area (Å²) in [6.07, 6.45) is 11.6. The molecule has 286 valence electrons. The molecule has 4 aliphatic rings. The van der Waals surface area contributed by atoms with Gasteiger partial charge in [-0.3, -0.25) is 29.5 Å². The molecule has 4 atom stereocenters. The van der Waals surface area contributed by atoms with Crippen molar-refractivity contribution in [3.8, 4) is 12.1 Å². The highest BCUT2D eigenvalue weighted by atomic mass is 16.1. The van der Waals surface area contributed by atoms with E-state index in [4.69, 9.17) is 0 Å². The molecule has 2 aromatic heterocycles. The minimum atomic E-state index is 0.372. The van der Waals surface area contributed by atoms with Crippen LogP contribution in [0.4, 0.5) is 11.4 Å². The van der Waals surface area contributed by atoms with Crippen molar-refractivity contribution >= 4 is 45.0 Å². The van der Waals surface area contributed by atoms with Crippen molar-refractivity contribution in [3.05, 3.63) is 60.2 Å². The number of nitrogens with zero attached hydrogens (tertiary/aromatic N) is 9. The molecule has 4 aromatic rings. The van der Waals surface area contributed by atoms with Crippen molar-refractivity contribution < 1.29 is 9.59 Å². The quantitative estimate of drug-likeness (QED) is 0.221. The minimum Gasteiger partial charge on any atom is -0.369 e. The van der Waals surface area contributed by atoms with Crippen LogP contribution in [0.25, 0.3) is 22.1 Å². The molecule has 12 nitrogen and oxygen atoms in total. The summed E-state index contributed by atoms with van der Waals surface area (Å²) < 4.78 is 0. The average molecular weight is 741 g/mol. The minimum absolute atomic E-state index is 0.372. The SMILES string of the molecule is C[C@H]1C[C@@H](CC(=O)CC2CN(C)C2)CN(c2ccc(C#N)c3nccnc23)C1.C[C@H]1C[C@@H](CC(=O)CC2CNC2)CN(c2ccc(C#N)c3nccnc23)C1. The molecule has 0 saturated carbocycles. The highest BCUT2D eigenvalue weighted by molar-refractivity contribution is 5.93. The molecule has 55 heavy (non-hydrogen) atoms. The Labute approximate surface area is 324 Å². The molecule has 8 rings (SSSR count). The number of rotatable bonds is 10. The lowest BCUT2D eigenvalue weighted by molar-refractivity contribution is -0.122. The van der Waals surface area contributed by atoms with Gasteiger partial charge >= 0.3 is 0 Å². The van der Waals surface area contributed by atoms with E-state index in [0.29, 0.717) is 88.5 Å². The maximum atomic E-state index is 12.6. The summed E-state index contributed by atoms with van der Waals surface area (Å²) in [5.41, 5.74) is 6.00. The topological polar surface area (TPSA) is 155 Å². The highest BCUT2D eigenvalue weighted by Gasteiger charge is 2.32. The maximum Gasteiger partial charge on any atom is 0.133 e. The van der Waals surface area contributed by atoms with Crippen LogP contribution in [0.1, 0.15) is 63.5 Å². The number of hydrogen-bond donors (Lipinski definition) is 1. The lowest BCUT2D eigenvalue weighted by Gasteiger charge is -2.39. The molecule has 0 bridgehead atoms. The summed E-state index contributed by atoms with van der Waals surface area (Å²) in [5.74, 6) is 3.66. The van der Waals surface area contributed by atoms with Crippen LogP contribution in [0, 0.1) is 58.2 Å². The first-order valence-corrected chi connectivity index (χ1v) is 19.9. The van der Waals surface area contributed by atoms with Gasteiger partial charge in [0.1, 0.15) is 45.8 Å². The molecule has 12 heteroatoms. The first kappa shape index (κ1) is 38.2. The van der Waals surface area contributed by atoms with E-state index in [9.17, 15) is 20.1 Å². The van der Waals surface area contributed by atoms with E-state index in [2.05, 4.69) is 73.0 Å². The van der Waals surface area contributed by atoms with Crippen molar-refractivity contribution in [2.45, 2.75) is 52.4 Å². The van der Waals surface area contributed by atoms with Gasteiger partial charge in [-0.2, -0.15) is 10.5 Å². The monoisotopic (exact) mass is 740 g/mol. The molecule has 0 aliphatic carbocycles. The van der Waals surface area contributed by atoms with Crippen molar-refractivity contribution in [1.82, 2.24) is 30.2 Å². The highest BCUT2D eigenvalue weighted by Crippen LogP contribution is 2.35. The standard InChI is InChI=1S/C22H27N5O.C21H25N5O/c1-15-7-16(8-19(28)9-17-12-26(2)13-17)14-27(11-15)20-4-3-18(10-23)21-22(20)25-6-5-24-21;1-14-6-15(7-18(27)8-16-10-23-11-16)13-26(12-14)19-3-2-17(9-22)20-21(19)25-5-4-24-20/h3-6,15-17H,7-9,11-14H2,1-2H3;2-5,14-16,23H,6-8,10-13H2,1H3/t15-,16-;14-,15-/m00/s1. The Hall–Kier alpha value is -5.04. The van der Waals surface area contributed by atoms with Gasteiger partial charge < -0.3 is 20.0 Å². The number of ketones is 2. The molecule has 6 heterocycles. The molecule has 0 spiro atoms. The predicted molar refractivity (Wildman–Crippen MR) is 213 cm³/mol. The number of anilines is 2. The van der Waals surface area contributed by atoms with Crippen molar-refractivity contribution in [2.75, 3.05) is 69.2 Å². The third kappa shape index (κ3) is 9.09. The predicted octanol–water partition coefficient (Wildman–Crippen LogP) is 5.41. The second-order valence-electron chi connectivity index (χ2n) is 16.7. The van der Waals surface area contributed by atoms with Gasteiger partial charge in [-0.15, -0.1) is 0 Å². The summed E-state index contributed by atoms with van der Waals surface area (Å²) in [5, 5.41) is 21.9. The van der Waals surface area contributed by atoms with Gasteiger partial charge in [0, 0.05) is 89.7 Å². The first-order valence-electron chi connectivity index (χ1n) is 19.9. The number of carbonyl (C=O) groups excluding carboxylic acids is 2. The number of nitriles is 2. The van der Waals surface area contributed by atoms with E-state index in [1.165, 1.54) is 0 Å².